The van der Waals surface area contributed by atoms with E-state index < -0.39 is 0 Å². The smallest absolute Gasteiger partial charge is 0.0519 e. The van der Waals surface area contributed by atoms with Gasteiger partial charge < -0.3 is 15.5 Å². The summed E-state index contributed by atoms with van der Waals surface area (Å²) in [6, 6.07) is 0. The predicted octanol–water partition coefficient (Wildman–Crippen LogP) is 0.509. The normalized spacial score (nSPS) is 21.2. The van der Waals surface area contributed by atoms with Gasteiger partial charge in [0.1, 0.15) is 0 Å². The Morgan fingerprint density at radius 3 is 2.15 bits per heavy atom. The van der Waals surface area contributed by atoms with Gasteiger partial charge in [-0.2, -0.15) is 0 Å². The van der Waals surface area contributed by atoms with Crippen molar-refractivity contribution in [1.29, 1.82) is 0 Å². The molecule has 1 rings (SSSR count). The first-order valence-corrected chi connectivity index (χ1v) is 5.00. The Hall–Kier alpha value is -0.120. The SMILES string of the molecule is CC(CO)(CO)CNC1(C)CCC1. The summed E-state index contributed by atoms with van der Waals surface area (Å²) in [6.07, 6.45) is 3.71. The van der Waals surface area contributed by atoms with Crippen molar-refractivity contribution in [3.8, 4) is 0 Å². The lowest BCUT2D eigenvalue weighted by Gasteiger charge is -2.42. The zero-order chi connectivity index (χ0) is 9.95. The third kappa shape index (κ3) is 2.66. The molecular formula is C10H21NO2. The molecule has 3 N–H and O–H groups in total. The fourth-order valence-electron chi connectivity index (χ4n) is 1.47. The molecule has 3 nitrogen and oxygen atoms in total. The Balaban J connectivity index is 2.31. The van der Waals surface area contributed by atoms with Crippen LogP contribution in [0.4, 0.5) is 0 Å². The summed E-state index contributed by atoms with van der Waals surface area (Å²) in [5.74, 6) is 0. The van der Waals surface area contributed by atoms with Crippen LogP contribution in [0.5, 0.6) is 0 Å². The van der Waals surface area contributed by atoms with E-state index in [0.717, 1.165) is 0 Å². The van der Waals surface area contributed by atoms with Crippen molar-refractivity contribution in [2.45, 2.75) is 38.6 Å². The lowest BCUT2D eigenvalue weighted by molar-refractivity contribution is 0.0547. The highest BCUT2D eigenvalue weighted by Gasteiger charge is 2.33. The van der Waals surface area contributed by atoms with Gasteiger partial charge in [0.25, 0.3) is 0 Å². The number of aliphatic hydroxyl groups is 2. The van der Waals surface area contributed by atoms with Crippen LogP contribution in [0.25, 0.3) is 0 Å². The van der Waals surface area contributed by atoms with Crippen LogP contribution in [0.2, 0.25) is 0 Å². The number of hydrogen-bond acceptors (Lipinski definition) is 3. The Morgan fingerprint density at radius 1 is 1.31 bits per heavy atom. The van der Waals surface area contributed by atoms with Gasteiger partial charge in [-0.15, -0.1) is 0 Å². The van der Waals surface area contributed by atoms with E-state index in [-0.39, 0.29) is 24.2 Å². The van der Waals surface area contributed by atoms with Crippen molar-refractivity contribution < 1.29 is 10.2 Å². The molecule has 0 heterocycles. The van der Waals surface area contributed by atoms with Gasteiger partial charge in [-0.1, -0.05) is 6.92 Å². The minimum Gasteiger partial charge on any atom is -0.396 e. The van der Waals surface area contributed by atoms with E-state index in [4.69, 9.17) is 10.2 Å². The van der Waals surface area contributed by atoms with Gasteiger partial charge in [0.05, 0.1) is 13.2 Å². The fraction of sp³-hybridized carbons (Fsp3) is 1.00. The second kappa shape index (κ2) is 3.95. The number of nitrogens with one attached hydrogen (secondary N) is 1. The molecule has 0 amide bonds. The molecule has 1 fully saturated rings. The first-order chi connectivity index (χ1) is 6.04. The molecule has 13 heavy (non-hydrogen) atoms. The van der Waals surface area contributed by atoms with Gasteiger partial charge in [-0.05, 0) is 26.2 Å². The first kappa shape index (κ1) is 11.0. The van der Waals surface area contributed by atoms with Crippen molar-refractivity contribution in [2.75, 3.05) is 19.8 Å². The highest BCUT2D eigenvalue weighted by Crippen LogP contribution is 2.31. The summed E-state index contributed by atoms with van der Waals surface area (Å²) < 4.78 is 0. The fourth-order valence-corrected chi connectivity index (χ4v) is 1.47. The van der Waals surface area contributed by atoms with Crippen LogP contribution >= 0.6 is 0 Å². The van der Waals surface area contributed by atoms with E-state index in [0.29, 0.717) is 6.54 Å². The lowest BCUT2D eigenvalue weighted by Crippen LogP contribution is -2.53. The summed E-state index contributed by atoms with van der Waals surface area (Å²) in [4.78, 5) is 0. The molecule has 1 aliphatic rings. The molecule has 0 atom stereocenters. The summed E-state index contributed by atoms with van der Waals surface area (Å²) in [6.45, 7) is 4.85. The molecule has 1 aliphatic carbocycles. The van der Waals surface area contributed by atoms with E-state index in [1.165, 1.54) is 19.3 Å². The monoisotopic (exact) mass is 187 g/mol. The average Bonchev–Trinajstić information content (AvgIpc) is 2.11. The maximum absolute atomic E-state index is 9.07. The van der Waals surface area contributed by atoms with Crippen molar-refractivity contribution in [3.63, 3.8) is 0 Å². The number of hydrogen-bond donors (Lipinski definition) is 3. The largest absolute Gasteiger partial charge is 0.396 e. The van der Waals surface area contributed by atoms with Crippen LogP contribution in [-0.2, 0) is 0 Å². The highest BCUT2D eigenvalue weighted by molar-refractivity contribution is 4.93. The summed E-state index contributed by atoms with van der Waals surface area (Å²) >= 11 is 0. The molecular weight excluding hydrogens is 166 g/mol. The minimum atomic E-state index is -0.376. The first-order valence-electron chi connectivity index (χ1n) is 5.00. The van der Waals surface area contributed by atoms with E-state index >= 15 is 0 Å². The van der Waals surface area contributed by atoms with Crippen molar-refractivity contribution in [3.05, 3.63) is 0 Å². The molecule has 0 aromatic heterocycles. The molecule has 0 unspecified atom stereocenters. The lowest BCUT2D eigenvalue weighted by atomic mass is 9.77. The third-order valence-electron chi connectivity index (χ3n) is 3.16. The van der Waals surface area contributed by atoms with Gasteiger partial charge in [0.2, 0.25) is 0 Å². The number of rotatable bonds is 5. The van der Waals surface area contributed by atoms with Crippen molar-refractivity contribution in [2.24, 2.45) is 5.41 Å². The Bertz CT molecular complexity index is 162. The van der Waals surface area contributed by atoms with E-state index in [1.54, 1.807) is 0 Å². The molecule has 0 bridgehead atoms. The average molecular weight is 187 g/mol. The molecule has 1 saturated carbocycles. The van der Waals surface area contributed by atoms with Gasteiger partial charge in [-0.25, -0.2) is 0 Å². The van der Waals surface area contributed by atoms with E-state index in [1.807, 2.05) is 6.92 Å². The molecule has 3 heteroatoms. The summed E-state index contributed by atoms with van der Waals surface area (Å²) in [5.41, 5.74) is -0.121. The minimum absolute atomic E-state index is 0.0343. The van der Waals surface area contributed by atoms with Crippen LogP contribution in [0.1, 0.15) is 33.1 Å². The molecule has 0 aromatic carbocycles. The van der Waals surface area contributed by atoms with E-state index in [2.05, 4.69) is 12.2 Å². The second-order valence-electron chi connectivity index (χ2n) is 4.89. The van der Waals surface area contributed by atoms with Gasteiger partial charge in [-0.3, -0.25) is 0 Å². The standard InChI is InChI=1S/C10H21NO2/c1-9(7-12,8-13)6-11-10(2)4-3-5-10/h11-13H,3-8H2,1-2H3. The van der Waals surface area contributed by atoms with Crippen molar-refractivity contribution in [1.82, 2.24) is 5.32 Å². The van der Waals surface area contributed by atoms with E-state index in [9.17, 15) is 0 Å². The van der Waals surface area contributed by atoms with Crippen LogP contribution in [-0.4, -0.2) is 35.5 Å². The molecule has 0 radical (unpaired) electrons. The predicted molar refractivity (Wildman–Crippen MR) is 52.5 cm³/mol. The number of aliphatic hydroxyl groups excluding tert-OH is 2. The van der Waals surface area contributed by atoms with Crippen LogP contribution in [0.15, 0.2) is 0 Å². The summed E-state index contributed by atoms with van der Waals surface area (Å²) in [7, 11) is 0. The van der Waals surface area contributed by atoms with Crippen LogP contribution in [0.3, 0.4) is 0 Å². The molecule has 0 aliphatic heterocycles. The summed E-state index contributed by atoms with van der Waals surface area (Å²) in [5, 5.41) is 21.6. The maximum Gasteiger partial charge on any atom is 0.0519 e. The Morgan fingerprint density at radius 2 is 1.85 bits per heavy atom. The Labute approximate surface area is 80.2 Å². The maximum atomic E-state index is 9.07. The zero-order valence-corrected chi connectivity index (χ0v) is 8.64. The topological polar surface area (TPSA) is 52.5 Å². The quantitative estimate of drug-likeness (QED) is 0.588. The van der Waals surface area contributed by atoms with Crippen LogP contribution in [0, 0.1) is 5.41 Å². The van der Waals surface area contributed by atoms with Gasteiger partial charge >= 0.3 is 0 Å². The third-order valence-corrected chi connectivity index (χ3v) is 3.16. The molecule has 0 aromatic rings. The molecule has 0 saturated heterocycles. The van der Waals surface area contributed by atoms with Gasteiger partial charge in [0.15, 0.2) is 0 Å². The molecule has 78 valence electrons. The van der Waals surface area contributed by atoms with Crippen molar-refractivity contribution >= 4 is 0 Å². The highest BCUT2D eigenvalue weighted by atomic mass is 16.3. The molecule has 0 spiro atoms. The zero-order valence-electron chi connectivity index (χ0n) is 8.64. The van der Waals surface area contributed by atoms with Gasteiger partial charge in [0, 0.05) is 17.5 Å². The van der Waals surface area contributed by atoms with Crippen LogP contribution < -0.4 is 5.32 Å². The second-order valence-corrected chi connectivity index (χ2v) is 4.89. The Kier molecular flexibility index (Phi) is 3.33.